The number of rotatable bonds is 3. The summed E-state index contributed by atoms with van der Waals surface area (Å²) in [4.78, 5) is 11.5. The van der Waals surface area contributed by atoms with Gasteiger partial charge in [0.15, 0.2) is 5.50 Å². The number of thioether (sulfide) groups is 1. The number of hydrogen-bond acceptors (Lipinski definition) is 4. The monoisotopic (exact) mass is 213 g/mol. The lowest BCUT2D eigenvalue weighted by Gasteiger charge is -2.03. The van der Waals surface area contributed by atoms with Crippen molar-refractivity contribution in [2.45, 2.75) is 5.50 Å². The normalized spacial score (nSPS) is 12.2. The Labute approximate surface area is 86.6 Å². The molecule has 0 bridgehead atoms. The van der Waals surface area contributed by atoms with E-state index in [4.69, 9.17) is 10.5 Å². The maximum Gasteiger partial charge on any atom is 0.226 e. The van der Waals surface area contributed by atoms with Crippen LogP contribution in [0.5, 0.6) is 5.75 Å². The number of hydrogen-bond donors (Lipinski definition) is 2. The number of nitrogens with two attached hydrogens (primary N) is 1. The zero-order valence-corrected chi connectivity index (χ0v) is 8.71. The van der Waals surface area contributed by atoms with Crippen LogP contribution < -0.4 is 16.2 Å². The van der Waals surface area contributed by atoms with Gasteiger partial charge in [-0.1, -0.05) is 12.1 Å². The van der Waals surface area contributed by atoms with Gasteiger partial charge in [0.1, 0.15) is 5.75 Å². The number of carbonyl (C=O) groups excluding carboxylic acids is 1. The van der Waals surface area contributed by atoms with E-state index < -0.39 is 5.50 Å². The summed E-state index contributed by atoms with van der Waals surface area (Å²) in [6.45, 7) is 0. The molecule has 0 aliphatic carbocycles. The van der Waals surface area contributed by atoms with Crippen LogP contribution in [-0.4, -0.2) is 17.7 Å². The Balaban J connectivity index is 2.79. The Kier molecular flexibility index (Phi) is 3.94. The van der Waals surface area contributed by atoms with Crippen LogP contribution in [0.4, 0.5) is 0 Å². The van der Waals surface area contributed by atoms with Crippen molar-refractivity contribution in [3.63, 3.8) is 0 Å². The van der Waals surface area contributed by atoms with Crippen LogP contribution in [-0.2, 0) is 0 Å². The second kappa shape index (κ2) is 4.99. The van der Waals surface area contributed by atoms with E-state index in [1.54, 1.807) is 31.4 Å². The number of benzene rings is 1. The van der Waals surface area contributed by atoms with Crippen LogP contribution in [0.3, 0.4) is 0 Å². The molecule has 0 aliphatic heterocycles. The molecule has 1 rings (SSSR count). The molecule has 1 unspecified atom stereocenters. The minimum Gasteiger partial charge on any atom is -0.497 e. The lowest BCUT2D eigenvalue weighted by atomic mass is 10.2. The summed E-state index contributed by atoms with van der Waals surface area (Å²) in [6, 6.07) is 6.95. The molecule has 0 aliphatic rings. The number of carbonyl (C=O) groups is 1. The Bertz CT molecular complexity index is 328. The predicted octanol–water partition coefficient (Wildman–Crippen LogP) is 0.0528. The Morgan fingerprint density at radius 2 is 2.36 bits per heavy atom. The van der Waals surface area contributed by atoms with Crippen molar-refractivity contribution in [1.29, 1.82) is 0 Å². The van der Waals surface area contributed by atoms with Gasteiger partial charge in [0.2, 0.25) is 5.12 Å². The molecule has 0 heterocycles. The third kappa shape index (κ3) is 3.02. The maximum atomic E-state index is 11.5. The van der Waals surface area contributed by atoms with Crippen LogP contribution in [0.25, 0.3) is 0 Å². The molecular formula is C9H13N2O2S+. The molecule has 76 valence electrons. The van der Waals surface area contributed by atoms with Crippen molar-refractivity contribution < 1.29 is 15.3 Å². The number of quaternary nitrogens is 1. The zero-order chi connectivity index (χ0) is 10.6. The molecule has 1 atom stereocenters. The van der Waals surface area contributed by atoms with Crippen LogP contribution in [0.1, 0.15) is 10.4 Å². The molecule has 0 saturated heterocycles. The van der Waals surface area contributed by atoms with Crippen LogP contribution in [0, 0.1) is 0 Å². The van der Waals surface area contributed by atoms with Gasteiger partial charge in [0, 0.05) is 5.56 Å². The third-order valence-corrected chi connectivity index (χ3v) is 2.32. The van der Waals surface area contributed by atoms with Crippen molar-refractivity contribution >= 4 is 16.9 Å². The van der Waals surface area contributed by atoms with E-state index >= 15 is 0 Å². The lowest BCUT2D eigenvalue weighted by Crippen LogP contribution is -2.64. The highest BCUT2D eigenvalue weighted by Gasteiger charge is 2.11. The molecule has 1 aromatic rings. The SMILES string of the molecule is COc1cccc(C(=O)SC(N)[NH3+])c1. The van der Waals surface area contributed by atoms with E-state index in [0.717, 1.165) is 11.8 Å². The van der Waals surface area contributed by atoms with E-state index in [-0.39, 0.29) is 5.12 Å². The molecule has 14 heavy (non-hydrogen) atoms. The molecule has 0 fully saturated rings. The van der Waals surface area contributed by atoms with Gasteiger partial charge in [0.05, 0.1) is 7.11 Å². The number of ether oxygens (including phenoxy) is 1. The summed E-state index contributed by atoms with van der Waals surface area (Å²) < 4.78 is 5.00. The second-order valence-electron chi connectivity index (χ2n) is 2.68. The average molecular weight is 213 g/mol. The second-order valence-corrected chi connectivity index (χ2v) is 3.89. The fourth-order valence-electron chi connectivity index (χ4n) is 0.956. The molecular weight excluding hydrogens is 200 g/mol. The minimum absolute atomic E-state index is 0.0913. The van der Waals surface area contributed by atoms with Crippen molar-refractivity contribution in [1.82, 2.24) is 0 Å². The molecule has 0 saturated carbocycles. The van der Waals surface area contributed by atoms with Crippen molar-refractivity contribution in [2.75, 3.05) is 7.11 Å². The van der Waals surface area contributed by atoms with Crippen molar-refractivity contribution in [2.24, 2.45) is 5.73 Å². The van der Waals surface area contributed by atoms with Gasteiger partial charge in [-0.25, -0.2) is 0 Å². The quantitative estimate of drug-likeness (QED) is 0.695. The fraction of sp³-hybridized carbons (Fsp3) is 0.222. The van der Waals surface area contributed by atoms with E-state index in [1.165, 1.54) is 0 Å². The lowest BCUT2D eigenvalue weighted by molar-refractivity contribution is -0.383. The summed E-state index contributed by atoms with van der Waals surface area (Å²) >= 11 is 0.999. The van der Waals surface area contributed by atoms with Gasteiger partial charge in [0.25, 0.3) is 0 Å². The van der Waals surface area contributed by atoms with E-state index in [2.05, 4.69) is 5.73 Å². The topological polar surface area (TPSA) is 80.0 Å². The fourth-order valence-corrected chi connectivity index (χ4v) is 1.49. The average Bonchev–Trinajstić information content (AvgIpc) is 2.17. The van der Waals surface area contributed by atoms with E-state index in [1.807, 2.05) is 0 Å². The maximum absolute atomic E-state index is 11.5. The summed E-state index contributed by atoms with van der Waals surface area (Å²) in [7, 11) is 1.56. The van der Waals surface area contributed by atoms with Crippen LogP contribution in [0.15, 0.2) is 24.3 Å². The molecule has 5 N–H and O–H groups in total. The molecule has 0 aromatic heterocycles. The van der Waals surface area contributed by atoms with Gasteiger partial charge in [-0.15, -0.1) is 0 Å². The minimum atomic E-state index is -0.436. The first-order valence-corrected chi connectivity index (χ1v) is 4.95. The number of methoxy groups -OCH3 is 1. The third-order valence-electron chi connectivity index (χ3n) is 1.56. The molecule has 0 amide bonds. The smallest absolute Gasteiger partial charge is 0.226 e. The van der Waals surface area contributed by atoms with Gasteiger partial charge in [-0.2, -0.15) is 0 Å². The first kappa shape index (κ1) is 11.0. The Morgan fingerprint density at radius 1 is 1.64 bits per heavy atom. The van der Waals surface area contributed by atoms with E-state index in [0.29, 0.717) is 11.3 Å². The van der Waals surface area contributed by atoms with Crippen LogP contribution in [0.2, 0.25) is 0 Å². The van der Waals surface area contributed by atoms with Crippen molar-refractivity contribution in [3.05, 3.63) is 29.8 Å². The summed E-state index contributed by atoms with van der Waals surface area (Å²) in [6.07, 6.45) is 0. The molecule has 0 radical (unpaired) electrons. The molecule has 0 spiro atoms. The highest BCUT2D eigenvalue weighted by molar-refractivity contribution is 8.14. The molecule has 5 heteroatoms. The highest BCUT2D eigenvalue weighted by Crippen LogP contribution is 2.17. The summed E-state index contributed by atoms with van der Waals surface area (Å²) in [5.41, 5.74) is 9.08. The summed E-state index contributed by atoms with van der Waals surface area (Å²) in [5.74, 6) is 0.661. The first-order chi connectivity index (χ1) is 6.63. The summed E-state index contributed by atoms with van der Waals surface area (Å²) in [5, 5.41) is -0.0913. The first-order valence-electron chi connectivity index (χ1n) is 4.07. The van der Waals surface area contributed by atoms with Gasteiger partial charge in [-0.3, -0.25) is 10.5 Å². The Hall–Kier alpha value is -1.04. The highest BCUT2D eigenvalue weighted by atomic mass is 32.2. The van der Waals surface area contributed by atoms with Crippen molar-refractivity contribution in [3.8, 4) is 5.75 Å². The predicted molar refractivity (Wildman–Crippen MR) is 55.8 cm³/mol. The largest absolute Gasteiger partial charge is 0.497 e. The molecule has 4 nitrogen and oxygen atoms in total. The zero-order valence-electron chi connectivity index (χ0n) is 7.90. The van der Waals surface area contributed by atoms with Gasteiger partial charge < -0.3 is 10.5 Å². The standard InChI is InChI=1S/C9H12N2O2S/c1-13-7-4-2-3-6(5-7)8(12)14-9(10)11/h2-5,9H,10-11H2,1H3/p+1. The van der Waals surface area contributed by atoms with Crippen LogP contribution >= 0.6 is 11.8 Å². The van der Waals surface area contributed by atoms with Gasteiger partial charge in [-0.05, 0) is 23.9 Å². The Morgan fingerprint density at radius 3 is 2.93 bits per heavy atom. The van der Waals surface area contributed by atoms with Gasteiger partial charge >= 0.3 is 0 Å². The van der Waals surface area contributed by atoms with E-state index in [9.17, 15) is 4.79 Å². The molecule has 1 aromatic carbocycles.